The molecule has 19 heavy (non-hydrogen) atoms. The third-order valence-corrected chi connectivity index (χ3v) is 5.05. The second kappa shape index (κ2) is 6.50. The molecule has 5 heteroatoms. The molecule has 0 radical (unpaired) electrons. The molecule has 1 heterocycles. The summed E-state index contributed by atoms with van der Waals surface area (Å²) in [6.45, 7) is 6.13. The van der Waals surface area contributed by atoms with Crippen LogP contribution in [0.15, 0.2) is 24.3 Å². The van der Waals surface area contributed by atoms with Crippen molar-refractivity contribution in [3.8, 4) is 0 Å². The zero-order valence-electron chi connectivity index (χ0n) is 11.4. The van der Waals surface area contributed by atoms with E-state index in [0.717, 1.165) is 19.6 Å². The normalized spacial score (nSPS) is 19.4. The predicted octanol–water partition coefficient (Wildman–Crippen LogP) is 1.03. The molecule has 1 aliphatic heterocycles. The Labute approximate surface area is 115 Å². The van der Waals surface area contributed by atoms with Crippen LogP contribution in [-0.4, -0.2) is 44.5 Å². The van der Waals surface area contributed by atoms with Gasteiger partial charge in [0.05, 0.1) is 11.5 Å². The van der Waals surface area contributed by atoms with Gasteiger partial charge >= 0.3 is 0 Å². The number of rotatable bonds is 5. The number of nitrogens with one attached hydrogen (secondary N) is 1. The number of hydrogen-bond acceptors (Lipinski definition) is 4. The lowest BCUT2D eigenvalue weighted by molar-refractivity contribution is 0.287. The Morgan fingerprint density at radius 2 is 1.68 bits per heavy atom. The van der Waals surface area contributed by atoms with Gasteiger partial charge in [0.1, 0.15) is 0 Å². The van der Waals surface area contributed by atoms with E-state index in [9.17, 15) is 8.42 Å². The van der Waals surface area contributed by atoms with Crippen LogP contribution in [0.4, 0.5) is 0 Å². The summed E-state index contributed by atoms with van der Waals surface area (Å²) in [5.74, 6) is 0.594. The highest BCUT2D eigenvalue weighted by Gasteiger charge is 2.21. The molecule has 4 nitrogen and oxygen atoms in total. The van der Waals surface area contributed by atoms with Crippen LogP contribution in [0.2, 0.25) is 0 Å². The van der Waals surface area contributed by atoms with E-state index in [1.165, 1.54) is 11.1 Å². The molecule has 2 rings (SSSR count). The fraction of sp³-hybridized carbons (Fsp3) is 0.571. The van der Waals surface area contributed by atoms with Crippen molar-refractivity contribution in [2.75, 3.05) is 31.1 Å². The molecule has 0 amide bonds. The molecule has 1 saturated heterocycles. The molecule has 0 aromatic heterocycles. The molecule has 0 aliphatic carbocycles. The molecular weight excluding hydrogens is 260 g/mol. The zero-order chi connectivity index (χ0) is 13.7. The van der Waals surface area contributed by atoms with Crippen LogP contribution < -0.4 is 5.32 Å². The van der Waals surface area contributed by atoms with E-state index in [4.69, 9.17) is 0 Å². The minimum absolute atomic E-state index is 0.297. The maximum atomic E-state index is 11.4. The van der Waals surface area contributed by atoms with Crippen molar-refractivity contribution in [3.63, 3.8) is 0 Å². The van der Waals surface area contributed by atoms with Gasteiger partial charge in [-0.3, -0.25) is 4.90 Å². The van der Waals surface area contributed by atoms with E-state index in [-0.39, 0.29) is 0 Å². The summed E-state index contributed by atoms with van der Waals surface area (Å²) in [5.41, 5.74) is 2.53. The van der Waals surface area contributed by atoms with Crippen molar-refractivity contribution in [1.82, 2.24) is 10.2 Å². The van der Waals surface area contributed by atoms with E-state index in [1.807, 2.05) is 0 Å². The SMILES string of the molecule is CCNCc1ccc(CN2CCS(=O)(=O)CC2)cc1. The minimum Gasteiger partial charge on any atom is -0.313 e. The molecule has 1 N–H and O–H groups in total. The predicted molar refractivity (Wildman–Crippen MR) is 77.8 cm³/mol. The average Bonchev–Trinajstić information content (AvgIpc) is 2.40. The van der Waals surface area contributed by atoms with Gasteiger partial charge in [0, 0.05) is 26.2 Å². The van der Waals surface area contributed by atoms with Crippen LogP contribution in [0.3, 0.4) is 0 Å². The second-order valence-electron chi connectivity index (χ2n) is 5.02. The van der Waals surface area contributed by atoms with Crippen molar-refractivity contribution >= 4 is 9.84 Å². The van der Waals surface area contributed by atoms with Crippen LogP contribution in [0.25, 0.3) is 0 Å². The molecule has 1 aromatic rings. The molecule has 1 aromatic carbocycles. The van der Waals surface area contributed by atoms with Crippen molar-refractivity contribution in [1.29, 1.82) is 0 Å². The van der Waals surface area contributed by atoms with Crippen molar-refractivity contribution < 1.29 is 8.42 Å². The van der Waals surface area contributed by atoms with Crippen molar-refractivity contribution in [2.24, 2.45) is 0 Å². The van der Waals surface area contributed by atoms with Crippen molar-refractivity contribution in [3.05, 3.63) is 35.4 Å². The van der Waals surface area contributed by atoms with Crippen molar-refractivity contribution in [2.45, 2.75) is 20.0 Å². The Bertz CT molecular complexity index is 483. The fourth-order valence-electron chi connectivity index (χ4n) is 2.20. The van der Waals surface area contributed by atoms with E-state index in [1.54, 1.807) is 0 Å². The van der Waals surface area contributed by atoms with Gasteiger partial charge in [-0.2, -0.15) is 0 Å². The van der Waals surface area contributed by atoms with Crippen LogP contribution in [0.1, 0.15) is 18.1 Å². The van der Waals surface area contributed by atoms with Crippen LogP contribution in [0, 0.1) is 0 Å². The first-order chi connectivity index (χ1) is 9.09. The van der Waals surface area contributed by atoms with Gasteiger partial charge in [-0.1, -0.05) is 31.2 Å². The lowest BCUT2D eigenvalue weighted by Crippen LogP contribution is -2.39. The molecule has 1 aliphatic rings. The Kier molecular flexibility index (Phi) is 4.96. The van der Waals surface area contributed by atoms with Gasteiger partial charge in [0.25, 0.3) is 0 Å². The van der Waals surface area contributed by atoms with Gasteiger partial charge in [-0.15, -0.1) is 0 Å². The van der Waals surface area contributed by atoms with E-state index >= 15 is 0 Å². The first-order valence-electron chi connectivity index (χ1n) is 6.80. The zero-order valence-corrected chi connectivity index (χ0v) is 12.2. The highest BCUT2D eigenvalue weighted by Crippen LogP contribution is 2.11. The number of sulfone groups is 1. The van der Waals surface area contributed by atoms with Gasteiger partial charge in [0.2, 0.25) is 0 Å². The highest BCUT2D eigenvalue weighted by atomic mass is 32.2. The van der Waals surface area contributed by atoms with Crippen LogP contribution in [-0.2, 0) is 22.9 Å². The quantitative estimate of drug-likeness (QED) is 0.876. The summed E-state index contributed by atoms with van der Waals surface area (Å²) in [6.07, 6.45) is 0. The summed E-state index contributed by atoms with van der Waals surface area (Å²) >= 11 is 0. The average molecular weight is 282 g/mol. The maximum Gasteiger partial charge on any atom is 0.152 e. The highest BCUT2D eigenvalue weighted by molar-refractivity contribution is 7.91. The smallest absolute Gasteiger partial charge is 0.152 e. The largest absolute Gasteiger partial charge is 0.313 e. The van der Waals surface area contributed by atoms with Crippen LogP contribution >= 0.6 is 0 Å². The molecule has 0 saturated carbocycles. The summed E-state index contributed by atoms with van der Waals surface area (Å²) in [7, 11) is -2.77. The second-order valence-corrected chi connectivity index (χ2v) is 7.33. The summed E-state index contributed by atoms with van der Waals surface area (Å²) in [4.78, 5) is 2.21. The molecule has 0 unspecified atom stereocenters. The summed E-state index contributed by atoms with van der Waals surface area (Å²) in [6, 6.07) is 8.54. The molecule has 0 bridgehead atoms. The van der Waals surface area contributed by atoms with Crippen LogP contribution in [0.5, 0.6) is 0 Å². The monoisotopic (exact) mass is 282 g/mol. The standard InChI is InChI=1S/C14H22N2O2S/c1-2-15-11-13-3-5-14(6-4-13)12-16-7-9-19(17,18)10-8-16/h3-6,15H,2,7-12H2,1H3. The Hall–Kier alpha value is -0.910. The number of benzene rings is 1. The third-order valence-electron chi connectivity index (χ3n) is 3.45. The Morgan fingerprint density at radius 3 is 2.26 bits per heavy atom. The first-order valence-corrected chi connectivity index (χ1v) is 8.62. The molecular formula is C14H22N2O2S. The van der Waals surface area contributed by atoms with E-state index in [2.05, 4.69) is 41.4 Å². The summed E-state index contributed by atoms with van der Waals surface area (Å²) < 4.78 is 22.7. The molecule has 0 spiro atoms. The number of nitrogens with zero attached hydrogens (tertiary/aromatic N) is 1. The summed E-state index contributed by atoms with van der Waals surface area (Å²) in [5, 5.41) is 3.30. The number of hydrogen-bond donors (Lipinski definition) is 1. The van der Waals surface area contributed by atoms with Gasteiger partial charge in [-0.25, -0.2) is 8.42 Å². The molecule has 0 atom stereocenters. The van der Waals surface area contributed by atoms with E-state index < -0.39 is 9.84 Å². The lowest BCUT2D eigenvalue weighted by Gasteiger charge is -2.26. The Morgan fingerprint density at radius 1 is 1.11 bits per heavy atom. The fourth-order valence-corrected chi connectivity index (χ4v) is 3.48. The topological polar surface area (TPSA) is 49.4 Å². The Balaban J connectivity index is 1.86. The van der Waals surface area contributed by atoms with Gasteiger partial charge < -0.3 is 5.32 Å². The lowest BCUT2D eigenvalue weighted by atomic mass is 10.1. The van der Waals surface area contributed by atoms with Gasteiger partial charge in [-0.05, 0) is 17.7 Å². The minimum atomic E-state index is -2.77. The third kappa shape index (κ3) is 4.60. The molecule has 106 valence electrons. The van der Waals surface area contributed by atoms with Gasteiger partial charge in [0.15, 0.2) is 9.84 Å². The maximum absolute atomic E-state index is 11.4. The first kappa shape index (κ1) is 14.5. The van der Waals surface area contributed by atoms with E-state index in [0.29, 0.717) is 24.6 Å². The molecule has 1 fully saturated rings.